The van der Waals surface area contributed by atoms with Gasteiger partial charge in [0.05, 0.1) is 16.4 Å². The van der Waals surface area contributed by atoms with E-state index in [1.807, 2.05) is 30.3 Å². The van der Waals surface area contributed by atoms with Crippen molar-refractivity contribution in [2.75, 3.05) is 11.1 Å². The third kappa shape index (κ3) is 2.59. The molecule has 0 aliphatic rings. The van der Waals surface area contributed by atoms with Crippen LogP contribution < -0.4 is 11.1 Å². The molecule has 2 nitrogen and oxygen atoms in total. The molecule has 3 N–H and O–H groups in total. The van der Waals surface area contributed by atoms with Gasteiger partial charge in [0.1, 0.15) is 0 Å². The summed E-state index contributed by atoms with van der Waals surface area (Å²) in [4.78, 5) is 0. The molecule has 0 aromatic heterocycles. The molecule has 0 amide bonds. The van der Waals surface area contributed by atoms with Gasteiger partial charge < -0.3 is 11.1 Å². The second kappa shape index (κ2) is 5.32. The number of hydrogen-bond donors (Lipinski definition) is 2. The number of nitrogens with one attached hydrogen (secondary N) is 1. The van der Waals surface area contributed by atoms with Crippen LogP contribution in [0.5, 0.6) is 0 Å². The van der Waals surface area contributed by atoms with E-state index in [4.69, 9.17) is 17.3 Å². The molecule has 1 unspecified atom stereocenters. The van der Waals surface area contributed by atoms with E-state index in [2.05, 4.69) is 31.3 Å². The zero-order valence-electron chi connectivity index (χ0n) is 10.6. The van der Waals surface area contributed by atoms with Crippen molar-refractivity contribution in [2.24, 2.45) is 0 Å². The summed E-state index contributed by atoms with van der Waals surface area (Å²) < 4.78 is 0. The molecule has 0 saturated heterocycles. The summed E-state index contributed by atoms with van der Waals surface area (Å²) in [6.45, 7) is 4.20. The molecule has 94 valence electrons. The number of anilines is 2. The van der Waals surface area contributed by atoms with Crippen molar-refractivity contribution in [3.05, 3.63) is 58.6 Å². The molecule has 3 heteroatoms. The molecule has 2 aromatic rings. The van der Waals surface area contributed by atoms with Crippen LogP contribution in [0, 0.1) is 6.92 Å². The average Bonchev–Trinajstić information content (AvgIpc) is 2.34. The predicted octanol–water partition coefficient (Wildman–Crippen LogP) is 4.40. The summed E-state index contributed by atoms with van der Waals surface area (Å²) in [5, 5.41) is 4.03. The van der Waals surface area contributed by atoms with Crippen molar-refractivity contribution in [2.45, 2.75) is 19.9 Å². The lowest BCUT2D eigenvalue weighted by molar-refractivity contribution is 0.875. The molecule has 0 aliphatic carbocycles. The maximum Gasteiger partial charge on any atom is 0.0767 e. The van der Waals surface area contributed by atoms with Crippen LogP contribution in [-0.4, -0.2) is 0 Å². The van der Waals surface area contributed by atoms with E-state index in [0.29, 0.717) is 10.7 Å². The minimum absolute atomic E-state index is 0.161. The van der Waals surface area contributed by atoms with Crippen molar-refractivity contribution < 1.29 is 0 Å². The van der Waals surface area contributed by atoms with Gasteiger partial charge in [-0.25, -0.2) is 0 Å². The van der Waals surface area contributed by atoms with E-state index in [-0.39, 0.29) is 6.04 Å². The van der Waals surface area contributed by atoms with E-state index < -0.39 is 0 Å². The summed E-state index contributed by atoms with van der Waals surface area (Å²) in [6.07, 6.45) is 0. The third-order valence-corrected chi connectivity index (χ3v) is 3.38. The van der Waals surface area contributed by atoms with Gasteiger partial charge in [-0.15, -0.1) is 0 Å². The van der Waals surface area contributed by atoms with Crippen molar-refractivity contribution >= 4 is 23.0 Å². The fourth-order valence-electron chi connectivity index (χ4n) is 2.06. The van der Waals surface area contributed by atoms with Crippen LogP contribution in [-0.2, 0) is 0 Å². The smallest absolute Gasteiger partial charge is 0.0767 e. The Balaban J connectivity index is 2.27. The lowest BCUT2D eigenvalue weighted by atomic mass is 10.0. The highest BCUT2D eigenvalue weighted by molar-refractivity contribution is 6.33. The normalized spacial score (nSPS) is 12.2. The fraction of sp³-hybridized carbons (Fsp3) is 0.200. The molecule has 1 atom stereocenters. The molecule has 0 bridgehead atoms. The summed E-state index contributed by atoms with van der Waals surface area (Å²) in [5.74, 6) is 0. The highest BCUT2D eigenvalue weighted by Crippen LogP contribution is 2.31. The van der Waals surface area contributed by atoms with Gasteiger partial charge in [-0.2, -0.15) is 0 Å². The monoisotopic (exact) mass is 260 g/mol. The molecule has 2 rings (SSSR count). The lowest BCUT2D eigenvalue weighted by Gasteiger charge is -2.19. The van der Waals surface area contributed by atoms with Crippen LogP contribution in [0.15, 0.2) is 42.5 Å². The molecule has 0 saturated carbocycles. The van der Waals surface area contributed by atoms with Crippen LogP contribution >= 0.6 is 11.6 Å². The minimum Gasteiger partial charge on any atom is -0.397 e. The van der Waals surface area contributed by atoms with Crippen molar-refractivity contribution in [1.82, 2.24) is 0 Å². The Morgan fingerprint density at radius 1 is 1.11 bits per heavy atom. The van der Waals surface area contributed by atoms with Gasteiger partial charge in [-0.05, 0) is 37.1 Å². The Kier molecular flexibility index (Phi) is 3.78. The molecular weight excluding hydrogens is 244 g/mol. The van der Waals surface area contributed by atoms with Gasteiger partial charge in [-0.3, -0.25) is 0 Å². The first-order valence-electron chi connectivity index (χ1n) is 5.95. The summed E-state index contributed by atoms with van der Waals surface area (Å²) in [7, 11) is 0. The van der Waals surface area contributed by atoms with Crippen LogP contribution in [0.2, 0.25) is 5.02 Å². The highest BCUT2D eigenvalue weighted by atomic mass is 35.5. The molecule has 0 radical (unpaired) electrons. The quantitative estimate of drug-likeness (QED) is 0.803. The first kappa shape index (κ1) is 12.8. The molecule has 18 heavy (non-hydrogen) atoms. The van der Waals surface area contributed by atoms with Crippen molar-refractivity contribution in [3.63, 3.8) is 0 Å². The van der Waals surface area contributed by atoms with Gasteiger partial charge in [0, 0.05) is 6.04 Å². The Bertz CT molecular complexity index is 532. The fourth-order valence-corrected chi connectivity index (χ4v) is 2.30. The topological polar surface area (TPSA) is 38.0 Å². The van der Waals surface area contributed by atoms with Crippen LogP contribution in [0.1, 0.15) is 24.1 Å². The number of aryl methyl sites for hydroxylation is 1. The number of rotatable bonds is 3. The third-order valence-electron chi connectivity index (χ3n) is 3.06. The predicted molar refractivity (Wildman–Crippen MR) is 79.1 cm³/mol. The minimum atomic E-state index is 0.161. The Morgan fingerprint density at radius 3 is 2.50 bits per heavy atom. The summed E-state index contributed by atoms with van der Waals surface area (Å²) in [6, 6.07) is 14.0. The summed E-state index contributed by atoms with van der Waals surface area (Å²) >= 11 is 6.16. The Morgan fingerprint density at radius 2 is 1.83 bits per heavy atom. The molecule has 0 aliphatic heterocycles. The molecular formula is C15H17ClN2. The first-order valence-corrected chi connectivity index (χ1v) is 6.33. The van der Waals surface area contributed by atoms with Gasteiger partial charge in [0.15, 0.2) is 0 Å². The maximum atomic E-state index is 6.16. The van der Waals surface area contributed by atoms with E-state index in [9.17, 15) is 0 Å². The number of hydrogen-bond acceptors (Lipinski definition) is 2. The summed E-state index contributed by atoms with van der Waals surface area (Å²) in [5.41, 5.74) is 9.91. The first-order chi connectivity index (χ1) is 8.59. The average molecular weight is 261 g/mol. The highest BCUT2D eigenvalue weighted by Gasteiger charge is 2.11. The van der Waals surface area contributed by atoms with Crippen LogP contribution in [0.4, 0.5) is 11.4 Å². The zero-order chi connectivity index (χ0) is 13.1. The largest absolute Gasteiger partial charge is 0.397 e. The van der Waals surface area contributed by atoms with Gasteiger partial charge >= 0.3 is 0 Å². The van der Waals surface area contributed by atoms with E-state index in [1.165, 1.54) is 11.1 Å². The van der Waals surface area contributed by atoms with Gasteiger partial charge in [0.2, 0.25) is 0 Å². The van der Waals surface area contributed by atoms with Crippen molar-refractivity contribution in [1.29, 1.82) is 0 Å². The van der Waals surface area contributed by atoms with E-state index in [1.54, 1.807) is 0 Å². The second-order valence-electron chi connectivity index (χ2n) is 4.43. The Hall–Kier alpha value is -1.67. The van der Waals surface area contributed by atoms with E-state index >= 15 is 0 Å². The van der Waals surface area contributed by atoms with E-state index in [0.717, 1.165) is 5.69 Å². The molecule has 2 aromatic carbocycles. The zero-order valence-corrected chi connectivity index (χ0v) is 11.3. The lowest BCUT2D eigenvalue weighted by Crippen LogP contribution is -2.10. The second-order valence-corrected chi connectivity index (χ2v) is 4.83. The molecule has 0 fully saturated rings. The number of nitrogens with two attached hydrogens (primary N) is 1. The number of halogens is 1. The Labute approximate surface area is 113 Å². The SMILES string of the molecule is Cc1ccccc1C(C)Nc1c(N)cccc1Cl. The number of nitrogen functional groups attached to an aromatic ring is 1. The standard InChI is InChI=1S/C15H17ClN2/c1-10-6-3-4-7-12(10)11(2)18-15-13(16)8-5-9-14(15)17/h3-9,11,18H,17H2,1-2H3. The maximum absolute atomic E-state index is 6.16. The van der Waals surface area contributed by atoms with Crippen molar-refractivity contribution in [3.8, 4) is 0 Å². The van der Waals surface area contributed by atoms with Gasteiger partial charge in [-0.1, -0.05) is 41.9 Å². The van der Waals surface area contributed by atoms with Crippen LogP contribution in [0.3, 0.4) is 0 Å². The molecule has 0 spiro atoms. The number of benzene rings is 2. The number of para-hydroxylation sites is 1. The van der Waals surface area contributed by atoms with Gasteiger partial charge in [0.25, 0.3) is 0 Å². The molecule has 0 heterocycles. The van der Waals surface area contributed by atoms with Crippen LogP contribution in [0.25, 0.3) is 0 Å².